The largest absolute Gasteiger partial charge is 0.393 e. The number of amides is 1. The van der Waals surface area contributed by atoms with E-state index in [-0.39, 0.29) is 5.91 Å². The molecule has 0 aliphatic rings. The third-order valence-electron chi connectivity index (χ3n) is 4.21. The van der Waals surface area contributed by atoms with Crippen LogP contribution in [0.25, 0.3) is 0 Å². The van der Waals surface area contributed by atoms with E-state index in [1.807, 2.05) is 29.7 Å². The molecule has 2 heterocycles. The van der Waals surface area contributed by atoms with Crippen LogP contribution < -0.4 is 5.32 Å². The number of anilines is 1. The molecule has 3 aromatic rings. The molecule has 0 aliphatic carbocycles. The van der Waals surface area contributed by atoms with E-state index in [1.165, 1.54) is 11.8 Å². The molecule has 0 radical (unpaired) electrons. The van der Waals surface area contributed by atoms with Crippen molar-refractivity contribution < 1.29 is 15.0 Å². The lowest BCUT2D eigenvalue weighted by molar-refractivity contribution is 0.0920. The zero-order valence-corrected chi connectivity index (χ0v) is 15.3. The fourth-order valence-electron chi connectivity index (χ4n) is 2.81. The number of imidazole rings is 1. The standard InChI is InChI=1S/C20H22N4O3/c1-13-4-3-5-15(6-13)9-24-10-19(22-12-24)23-20(27)16-8-21-17(7-14(16)2)18(26)11-25/h3-8,10,12,18,25-26H,9,11H2,1-2H3,(H,23,27). The lowest BCUT2D eigenvalue weighted by Gasteiger charge is -2.10. The topological polar surface area (TPSA) is 100 Å². The van der Waals surface area contributed by atoms with Gasteiger partial charge in [0.05, 0.1) is 24.2 Å². The summed E-state index contributed by atoms with van der Waals surface area (Å²) in [7, 11) is 0. The van der Waals surface area contributed by atoms with E-state index in [1.54, 1.807) is 25.5 Å². The summed E-state index contributed by atoms with van der Waals surface area (Å²) in [5, 5.41) is 21.4. The molecule has 7 heteroatoms. The van der Waals surface area contributed by atoms with Gasteiger partial charge < -0.3 is 20.1 Å². The normalized spacial score (nSPS) is 12.0. The van der Waals surface area contributed by atoms with Crippen molar-refractivity contribution in [3.8, 4) is 0 Å². The van der Waals surface area contributed by atoms with E-state index in [0.29, 0.717) is 29.2 Å². The summed E-state index contributed by atoms with van der Waals surface area (Å²) in [6, 6.07) is 9.80. The van der Waals surface area contributed by atoms with Gasteiger partial charge >= 0.3 is 0 Å². The molecule has 3 rings (SSSR count). The zero-order valence-electron chi connectivity index (χ0n) is 15.3. The van der Waals surface area contributed by atoms with Crippen molar-refractivity contribution >= 4 is 11.7 Å². The Labute approximate surface area is 157 Å². The van der Waals surface area contributed by atoms with E-state index in [2.05, 4.69) is 21.4 Å². The fourth-order valence-corrected chi connectivity index (χ4v) is 2.81. The zero-order chi connectivity index (χ0) is 19.4. The van der Waals surface area contributed by atoms with Crippen molar-refractivity contribution in [2.75, 3.05) is 11.9 Å². The summed E-state index contributed by atoms with van der Waals surface area (Å²) in [4.78, 5) is 20.8. The minimum atomic E-state index is -1.06. The first-order chi connectivity index (χ1) is 13.0. The highest BCUT2D eigenvalue weighted by Gasteiger charge is 2.15. The lowest BCUT2D eigenvalue weighted by atomic mass is 10.1. The van der Waals surface area contributed by atoms with Gasteiger partial charge in [-0.1, -0.05) is 29.8 Å². The number of carbonyl (C=O) groups excluding carboxylic acids is 1. The summed E-state index contributed by atoms with van der Waals surface area (Å²) in [5.74, 6) is 0.123. The number of aliphatic hydroxyl groups excluding tert-OH is 2. The molecule has 140 valence electrons. The molecular formula is C20H22N4O3. The van der Waals surface area contributed by atoms with Crippen molar-refractivity contribution in [3.63, 3.8) is 0 Å². The van der Waals surface area contributed by atoms with E-state index in [4.69, 9.17) is 5.11 Å². The first-order valence-electron chi connectivity index (χ1n) is 8.60. The second-order valence-electron chi connectivity index (χ2n) is 6.50. The summed E-state index contributed by atoms with van der Waals surface area (Å²) in [6.45, 7) is 4.04. The molecule has 0 fully saturated rings. The Bertz CT molecular complexity index is 952. The maximum absolute atomic E-state index is 12.5. The third kappa shape index (κ3) is 4.58. The lowest BCUT2D eigenvalue weighted by Crippen LogP contribution is -2.15. The summed E-state index contributed by atoms with van der Waals surface area (Å²) in [6.07, 6.45) is 3.78. The van der Waals surface area contributed by atoms with Gasteiger partial charge in [-0.3, -0.25) is 9.78 Å². The number of hydrogen-bond donors (Lipinski definition) is 3. The fraction of sp³-hybridized carbons (Fsp3) is 0.250. The maximum atomic E-state index is 12.5. The SMILES string of the molecule is Cc1cccc(Cn2cnc(NC(=O)c3cnc(C(O)CO)cc3C)c2)c1. The molecular weight excluding hydrogens is 344 g/mol. The molecule has 7 nitrogen and oxygen atoms in total. The predicted octanol–water partition coefficient (Wildman–Crippen LogP) is 2.22. The molecule has 1 atom stereocenters. The van der Waals surface area contributed by atoms with Gasteiger partial charge in [0.1, 0.15) is 6.10 Å². The Morgan fingerprint density at radius 2 is 2.07 bits per heavy atom. The predicted molar refractivity (Wildman–Crippen MR) is 101 cm³/mol. The highest BCUT2D eigenvalue weighted by molar-refractivity contribution is 6.04. The molecule has 0 aliphatic heterocycles. The van der Waals surface area contributed by atoms with Crippen LogP contribution in [0.15, 0.2) is 49.1 Å². The van der Waals surface area contributed by atoms with E-state index < -0.39 is 12.7 Å². The number of nitrogens with zero attached hydrogens (tertiary/aromatic N) is 3. The van der Waals surface area contributed by atoms with E-state index >= 15 is 0 Å². The first-order valence-corrected chi connectivity index (χ1v) is 8.60. The van der Waals surface area contributed by atoms with Gasteiger partial charge in [0, 0.05) is 18.9 Å². The van der Waals surface area contributed by atoms with Gasteiger partial charge in [0.25, 0.3) is 5.91 Å². The summed E-state index contributed by atoms with van der Waals surface area (Å²) in [5.41, 5.74) is 3.72. The summed E-state index contributed by atoms with van der Waals surface area (Å²) >= 11 is 0. The van der Waals surface area contributed by atoms with Gasteiger partial charge in [-0.2, -0.15) is 0 Å². The molecule has 2 aromatic heterocycles. The molecule has 27 heavy (non-hydrogen) atoms. The van der Waals surface area contributed by atoms with Crippen LogP contribution >= 0.6 is 0 Å². The Kier molecular flexibility index (Phi) is 5.63. The molecule has 0 bridgehead atoms. The van der Waals surface area contributed by atoms with Crippen molar-refractivity contribution in [2.45, 2.75) is 26.5 Å². The van der Waals surface area contributed by atoms with Gasteiger partial charge in [-0.25, -0.2) is 4.98 Å². The highest BCUT2D eigenvalue weighted by atomic mass is 16.3. The van der Waals surface area contributed by atoms with Crippen LogP contribution in [0.4, 0.5) is 5.82 Å². The first kappa shape index (κ1) is 18.8. The number of nitrogens with one attached hydrogen (secondary N) is 1. The second-order valence-corrected chi connectivity index (χ2v) is 6.50. The Hall–Kier alpha value is -3.03. The molecule has 3 N–H and O–H groups in total. The average molecular weight is 366 g/mol. The number of carbonyl (C=O) groups is 1. The van der Waals surface area contributed by atoms with Gasteiger partial charge in [0.2, 0.25) is 0 Å². The molecule has 0 spiro atoms. The van der Waals surface area contributed by atoms with Crippen LogP contribution in [0.2, 0.25) is 0 Å². The average Bonchev–Trinajstić information content (AvgIpc) is 3.07. The number of aliphatic hydroxyl groups is 2. The highest BCUT2D eigenvalue weighted by Crippen LogP contribution is 2.16. The van der Waals surface area contributed by atoms with Gasteiger partial charge in [-0.15, -0.1) is 0 Å². The van der Waals surface area contributed by atoms with Gasteiger partial charge in [0.15, 0.2) is 5.82 Å². The Morgan fingerprint density at radius 3 is 2.78 bits per heavy atom. The minimum Gasteiger partial charge on any atom is -0.393 e. The number of aromatic nitrogens is 3. The maximum Gasteiger partial charge on any atom is 0.258 e. The van der Waals surface area contributed by atoms with Crippen LogP contribution in [0, 0.1) is 13.8 Å². The monoisotopic (exact) mass is 366 g/mol. The van der Waals surface area contributed by atoms with E-state index in [0.717, 1.165) is 5.56 Å². The second kappa shape index (κ2) is 8.11. The van der Waals surface area contributed by atoms with Crippen molar-refractivity contribution in [2.24, 2.45) is 0 Å². The van der Waals surface area contributed by atoms with Crippen molar-refractivity contribution in [1.82, 2.24) is 14.5 Å². The smallest absolute Gasteiger partial charge is 0.258 e. The van der Waals surface area contributed by atoms with Crippen LogP contribution in [-0.2, 0) is 6.54 Å². The Balaban J connectivity index is 1.69. The van der Waals surface area contributed by atoms with Crippen LogP contribution in [-0.4, -0.2) is 37.3 Å². The van der Waals surface area contributed by atoms with Gasteiger partial charge in [-0.05, 0) is 31.0 Å². The molecule has 1 amide bonds. The van der Waals surface area contributed by atoms with Crippen LogP contribution in [0.1, 0.15) is 38.8 Å². The number of pyridine rings is 1. The van der Waals surface area contributed by atoms with E-state index in [9.17, 15) is 9.90 Å². The van der Waals surface area contributed by atoms with Crippen molar-refractivity contribution in [1.29, 1.82) is 0 Å². The number of hydrogen-bond acceptors (Lipinski definition) is 5. The molecule has 0 saturated carbocycles. The summed E-state index contributed by atoms with van der Waals surface area (Å²) < 4.78 is 1.90. The molecule has 1 unspecified atom stereocenters. The number of aryl methyl sites for hydroxylation is 2. The molecule has 0 saturated heterocycles. The van der Waals surface area contributed by atoms with Crippen molar-refractivity contribution in [3.05, 3.63) is 77.0 Å². The quantitative estimate of drug-likeness (QED) is 0.621. The minimum absolute atomic E-state index is 0.328. The third-order valence-corrected chi connectivity index (χ3v) is 4.21. The number of benzene rings is 1. The number of rotatable bonds is 6. The molecule has 1 aromatic carbocycles. The Morgan fingerprint density at radius 1 is 1.26 bits per heavy atom. The van der Waals surface area contributed by atoms with Crippen LogP contribution in [0.3, 0.4) is 0 Å². The van der Waals surface area contributed by atoms with Crippen LogP contribution in [0.5, 0.6) is 0 Å².